The van der Waals surface area contributed by atoms with Gasteiger partial charge >= 0.3 is 0 Å². The highest BCUT2D eigenvalue weighted by Gasteiger charge is 2.04. The Hall–Kier alpha value is -0.730. The van der Waals surface area contributed by atoms with E-state index in [1.165, 1.54) is 12.0 Å². The van der Waals surface area contributed by atoms with Gasteiger partial charge < -0.3 is 10.1 Å². The Morgan fingerprint density at radius 1 is 1.28 bits per heavy atom. The summed E-state index contributed by atoms with van der Waals surface area (Å²) in [7, 11) is 1.69. The maximum absolute atomic E-state index is 5.77. The highest BCUT2D eigenvalue weighted by atomic mass is 35.5. The number of nitrogens with one attached hydrogen (secondary N) is 1. The van der Waals surface area contributed by atoms with E-state index >= 15 is 0 Å². The Morgan fingerprint density at radius 3 is 2.56 bits per heavy atom. The van der Waals surface area contributed by atoms with E-state index < -0.39 is 0 Å². The third-order valence-electron chi connectivity index (χ3n) is 3.28. The van der Waals surface area contributed by atoms with E-state index in [2.05, 4.69) is 24.4 Å². The minimum absolute atomic E-state index is 0.707. The molecule has 0 bridgehead atoms. The smallest absolute Gasteiger partial charge is 0.118 e. The maximum Gasteiger partial charge on any atom is 0.118 e. The molecule has 0 saturated carbocycles. The molecule has 102 valence electrons. The van der Waals surface area contributed by atoms with E-state index in [0.717, 1.165) is 37.6 Å². The number of hydrogen-bond acceptors (Lipinski definition) is 2. The fourth-order valence-corrected chi connectivity index (χ4v) is 2.24. The van der Waals surface area contributed by atoms with Crippen molar-refractivity contribution in [2.75, 3.05) is 26.1 Å². The molecule has 0 aliphatic carbocycles. The SMILES string of the molecule is CCC(CCCl)CNCCc1ccc(OC)cc1. The Kier molecular flexibility index (Phi) is 7.86. The second-order valence-electron chi connectivity index (χ2n) is 4.55. The fraction of sp³-hybridized carbons (Fsp3) is 0.600. The molecule has 0 radical (unpaired) electrons. The minimum Gasteiger partial charge on any atom is -0.497 e. The highest BCUT2D eigenvalue weighted by molar-refractivity contribution is 6.17. The van der Waals surface area contributed by atoms with Gasteiger partial charge in [-0.3, -0.25) is 0 Å². The van der Waals surface area contributed by atoms with Gasteiger partial charge in [-0.2, -0.15) is 0 Å². The first-order chi connectivity index (χ1) is 8.80. The lowest BCUT2D eigenvalue weighted by molar-refractivity contribution is 0.414. The Balaban J connectivity index is 2.20. The molecule has 0 heterocycles. The second-order valence-corrected chi connectivity index (χ2v) is 4.93. The van der Waals surface area contributed by atoms with Gasteiger partial charge in [0.1, 0.15) is 5.75 Å². The van der Waals surface area contributed by atoms with Crippen LogP contribution in [0.5, 0.6) is 5.75 Å². The lowest BCUT2D eigenvalue weighted by Crippen LogP contribution is -2.25. The molecule has 2 nitrogen and oxygen atoms in total. The summed E-state index contributed by atoms with van der Waals surface area (Å²) in [6, 6.07) is 8.27. The second kappa shape index (κ2) is 9.23. The highest BCUT2D eigenvalue weighted by Crippen LogP contribution is 2.11. The average molecular weight is 270 g/mol. The molecular weight excluding hydrogens is 246 g/mol. The lowest BCUT2D eigenvalue weighted by atomic mass is 10.0. The van der Waals surface area contributed by atoms with Crippen LogP contribution in [0, 0.1) is 5.92 Å². The summed E-state index contributed by atoms with van der Waals surface area (Å²) in [6.45, 7) is 4.31. The zero-order valence-corrected chi connectivity index (χ0v) is 12.2. The van der Waals surface area contributed by atoms with Crippen molar-refractivity contribution in [1.82, 2.24) is 5.32 Å². The normalized spacial score (nSPS) is 12.4. The molecule has 3 heteroatoms. The zero-order valence-electron chi connectivity index (χ0n) is 11.4. The first-order valence-corrected chi connectivity index (χ1v) is 7.23. The van der Waals surface area contributed by atoms with E-state index in [1.54, 1.807) is 7.11 Å². The van der Waals surface area contributed by atoms with Crippen molar-refractivity contribution in [2.24, 2.45) is 5.92 Å². The number of methoxy groups -OCH3 is 1. The van der Waals surface area contributed by atoms with Gasteiger partial charge in [0.05, 0.1) is 7.11 Å². The van der Waals surface area contributed by atoms with Gasteiger partial charge in [0, 0.05) is 5.88 Å². The molecular formula is C15H24ClNO. The number of hydrogen-bond donors (Lipinski definition) is 1. The fourth-order valence-electron chi connectivity index (χ4n) is 1.94. The first-order valence-electron chi connectivity index (χ1n) is 6.69. The Morgan fingerprint density at radius 2 is 2.00 bits per heavy atom. The quantitative estimate of drug-likeness (QED) is 0.547. The molecule has 0 aliphatic heterocycles. The van der Waals surface area contributed by atoms with Gasteiger partial charge in [0.25, 0.3) is 0 Å². The van der Waals surface area contributed by atoms with Crippen LogP contribution in [-0.2, 0) is 6.42 Å². The maximum atomic E-state index is 5.77. The Labute approximate surface area is 116 Å². The number of rotatable bonds is 9. The number of ether oxygens (including phenoxy) is 1. The number of halogens is 1. The van der Waals surface area contributed by atoms with E-state index in [1.807, 2.05) is 12.1 Å². The third-order valence-corrected chi connectivity index (χ3v) is 3.50. The summed E-state index contributed by atoms with van der Waals surface area (Å²) < 4.78 is 5.14. The monoisotopic (exact) mass is 269 g/mol. The van der Waals surface area contributed by atoms with Gasteiger partial charge in [-0.05, 0) is 49.5 Å². The van der Waals surface area contributed by atoms with Gasteiger partial charge in [0.15, 0.2) is 0 Å². The molecule has 0 amide bonds. The summed E-state index contributed by atoms with van der Waals surface area (Å²) >= 11 is 5.77. The van der Waals surface area contributed by atoms with Crippen LogP contribution in [0.25, 0.3) is 0 Å². The van der Waals surface area contributed by atoms with Crippen molar-refractivity contribution < 1.29 is 4.74 Å². The minimum atomic E-state index is 0.707. The molecule has 1 N–H and O–H groups in total. The summed E-state index contributed by atoms with van der Waals surface area (Å²) in [4.78, 5) is 0. The van der Waals surface area contributed by atoms with Crippen LogP contribution in [0.3, 0.4) is 0 Å². The van der Waals surface area contributed by atoms with Gasteiger partial charge in [-0.25, -0.2) is 0 Å². The number of benzene rings is 1. The molecule has 0 saturated heterocycles. The lowest BCUT2D eigenvalue weighted by Gasteiger charge is -2.14. The van der Waals surface area contributed by atoms with Gasteiger partial charge in [-0.1, -0.05) is 25.5 Å². The van der Waals surface area contributed by atoms with Crippen molar-refractivity contribution >= 4 is 11.6 Å². The zero-order chi connectivity index (χ0) is 13.2. The molecule has 1 aromatic carbocycles. The average Bonchev–Trinajstić information content (AvgIpc) is 2.43. The van der Waals surface area contributed by atoms with Crippen molar-refractivity contribution in [3.63, 3.8) is 0 Å². The molecule has 18 heavy (non-hydrogen) atoms. The largest absolute Gasteiger partial charge is 0.497 e. The molecule has 0 spiro atoms. The van der Waals surface area contributed by atoms with Crippen LogP contribution < -0.4 is 10.1 Å². The molecule has 1 aromatic rings. The van der Waals surface area contributed by atoms with E-state index in [0.29, 0.717) is 5.92 Å². The van der Waals surface area contributed by atoms with E-state index in [9.17, 15) is 0 Å². The Bertz CT molecular complexity index is 313. The molecule has 1 rings (SSSR count). The van der Waals surface area contributed by atoms with Crippen LogP contribution in [0.15, 0.2) is 24.3 Å². The van der Waals surface area contributed by atoms with Gasteiger partial charge in [0.2, 0.25) is 0 Å². The molecule has 0 aromatic heterocycles. The van der Waals surface area contributed by atoms with Crippen LogP contribution in [-0.4, -0.2) is 26.1 Å². The topological polar surface area (TPSA) is 21.3 Å². The van der Waals surface area contributed by atoms with Gasteiger partial charge in [-0.15, -0.1) is 11.6 Å². The van der Waals surface area contributed by atoms with E-state index in [-0.39, 0.29) is 0 Å². The predicted molar refractivity (Wildman–Crippen MR) is 78.7 cm³/mol. The van der Waals surface area contributed by atoms with Crippen molar-refractivity contribution in [3.05, 3.63) is 29.8 Å². The summed E-state index contributed by atoms with van der Waals surface area (Å²) in [5, 5.41) is 3.51. The van der Waals surface area contributed by atoms with Crippen molar-refractivity contribution in [3.8, 4) is 5.75 Å². The van der Waals surface area contributed by atoms with E-state index in [4.69, 9.17) is 16.3 Å². The number of alkyl halides is 1. The molecule has 0 aliphatic rings. The molecule has 0 fully saturated rings. The molecule has 1 unspecified atom stereocenters. The van der Waals surface area contributed by atoms with Crippen LogP contribution in [0.4, 0.5) is 0 Å². The third kappa shape index (κ3) is 5.74. The standard InChI is InChI=1S/C15H24ClNO/c1-3-13(8-10-16)12-17-11-9-14-4-6-15(18-2)7-5-14/h4-7,13,17H,3,8-12H2,1-2H3. The van der Waals surface area contributed by atoms with Crippen LogP contribution >= 0.6 is 11.6 Å². The van der Waals surface area contributed by atoms with Crippen molar-refractivity contribution in [1.29, 1.82) is 0 Å². The summed E-state index contributed by atoms with van der Waals surface area (Å²) in [5.74, 6) is 2.39. The van der Waals surface area contributed by atoms with Crippen LogP contribution in [0.1, 0.15) is 25.3 Å². The first kappa shape index (κ1) is 15.3. The summed E-state index contributed by atoms with van der Waals surface area (Å²) in [5.41, 5.74) is 1.34. The predicted octanol–water partition coefficient (Wildman–Crippen LogP) is 3.48. The van der Waals surface area contributed by atoms with Crippen molar-refractivity contribution in [2.45, 2.75) is 26.2 Å². The summed E-state index contributed by atoms with van der Waals surface area (Å²) in [6.07, 6.45) is 3.36. The van der Waals surface area contributed by atoms with Crippen LogP contribution in [0.2, 0.25) is 0 Å². The molecule has 1 atom stereocenters.